The Bertz CT molecular complexity index is 299. The molecular weight excluding hydrogens is 272 g/mol. The van der Waals surface area contributed by atoms with Crippen molar-refractivity contribution in [3.63, 3.8) is 0 Å². The molecule has 0 saturated carbocycles. The molecule has 0 aliphatic carbocycles. The standard InChI is InChI=1S/C11H19BrN2S/c1-8(6-7-13)11(14(2)3)9-4-5-10(12)15-9/h4-5,8,11H,6-7,13H2,1-3H3. The first-order chi connectivity index (χ1) is 7.06. The number of thiophene rings is 1. The van der Waals surface area contributed by atoms with Crippen molar-refractivity contribution in [2.24, 2.45) is 11.7 Å². The van der Waals surface area contributed by atoms with Crippen molar-refractivity contribution in [2.45, 2.75) is 19.4 Å². The highest BCUT2D eigenvalue weighted by Gasteiger charge is 2.22. The third-order valence-electron chi connectivity index (χ3n) is 2.60. The van der Waals surface area contributed by atoms with Crippen LogP contribution in [0.4, 0.5) is 0 Å². The SMILES string of the molecule is CC(CCN)C(c1ccc(Br)s1)N(C)C. The molecule has 0 radical (unpaired) electrons. The summed E-state index contributed by atoms with van der Waals surface area (Å²) < 4.78 is 1.20. The van der Waals surface area contributed by atoms with Crippen LogP contribution in [0.25, 0.3) is 0 Å². The zero-order chi connectivity index (χ0) is 11.4. The molecule has 2 nitrogen and oxygen atoms in total. The molecule has 4 heteroatoms. The predicted molar refractivity (Wildman–Crippen MR) is 71.3 cm³/mol. The molecule has 0 spiro atoms. The Morgan fingerprint density at radius 2 is 2.13 bits per heavy atom. The fraction of sp³-hybridized carbons (Fsp3) is 0.636. The highest BCUT2D eigenvalue weighted by Crippen LogP contribution is 2.35. The van der Waals surface area contributed by atoms with E-state index in [0.29, 0.717) is 12.0 Å². The van der Waals surface area contributed by atoms with Crippen LogP contribution in [-0.2, 0) is 0 Å². The van der Waals surface area contributed by atoms with Crippen LogP contribution in [0.1, 0.15) is 24.3 Å². The molecule has 0 fully saturated rings. The quantitative estimate of drug-likeness (QED) is 0.903. The molecule has 0 bridgehead atoms. The van der Waals surface area contributed by atoms with Gasteiger partial charge in [-0.05, 0) is 61.0 Å². The second kappa shape index (κ2) is 5.99. The molecule has 0 amide bonds. The van der Waals surface area contributed by atoms with E-state index in [1.165, 1.54) is 8.66 Å². The Labute approximate surface area is 105 Å². The van der Waals surface area contributed by atoms with Gasteiger partial charge in [-0.1, -0.05) is 6.92 Å². The molecule has 0 aromatic carbocycles. The smallest absolute Gasteiger partial charge is 0.0701 e. The summed E-state index contributed by atoms with van der Waals surface area (Å²) in [6, 6.07) is 4.79. The monoisotopic (exact) mass is 290 g/mol. The first-order valence-corrected chi connectivity index (χ1v) is 6.79. The van der Waals surface area contributed by atoms with E-state index in [0.717, 1.165) is 13.0 Å². The summed E-state index contributed by atoms with van der Waals surface area (Å²) in [6.07, 6.45) is 1.07. The topological polar surface area (TPSA) is 29.3 Å². The van der Waals surface area contributed by atoms with Crippen LogP contribution in [0.5, 0.6) is 0 Å². The zero-order valence-electron chi connectivity index (χ0n) is 9.53. The number of hydrogen-bond acceptors (Lipinski definition) is 3. The highest BCUT2D eigenvalue weighted by molar-refractivity contribution is 9.11. The van der Waals surface area contributed by atoms with Gasteiger partial charge in [0, 0.05) is 10.9 Å². The van der Waals surface area contributed by atoms with E-state index in [4.69, 9.17) is 5.73 Å². The summed E-state index contributed by atoms with van der Waals surface area (Å²) in [6.45, 7) is 3.03. The molecule has 0 saturated heterocycles. The van der Waals surface area contributed by atoms with E-state index in [2.05, 4.69) is 54.0 Å². The maximum atomic E-state index is 5.63. The zero-order valence-corrected chi connectivity index (χ0v) is 11.9. The number of nitrogens with zero attached hydrogens (tertiary/aromatic N) is 1. The largest absolute Gasteiger partial charge is 0.330 e. The average molecular weight is 291 g/mol. The molecule has 2 N–H and O–H groups in total. The van der Waals surface area contributed by atoms with Gasteiger partial charge in [0.05, 0.1) is 3.79 Å². The van der Waals surface area contributed by atoms with Crippen LogP contribution in [0.15, 0.2) is 15.9 Å². The average Bonchev–Trinajstić information content (AvgIpc) is 2.51. The Morgan fingerprint density at radius 3 is 2.53 bits per heavy atom. The minimum atomic E-state index is 0.477. The van der Waals surface area contributed by atoms with Gasteiger partial charge in [-0.2, -0.15) is 0 Å². The van der Waals surface area contributed by atoms with Crippen LogP contribution in [0.2, 0.25) is 0 Å². The van der Waals surface area contributed by atoms with Crippen LogP contribution in [-0.4, -0.2) is 25.5 Å². The van der Waals surface area contributed by atoms with Gasteiger partial charge in [0.15, 0.2) is 0 Å². The fourth-order valence-corrected chi connectivity index (χ4v) is 3.71. The van der Waals surface area contributed by atoms with E-state index >= 15 is 0 Å². The van der Waals surface area contributed by atoms with Crippen LogP contribution < -0.4 is 5.73 Å². The summed E-state index contributed by atoms with van der Waals surface area (Å²) in [5, 5.41) is 0. The lowest BCUT2D eigenvalue weighted by atomic mass is 9.96. The van der Waals surface area contributed by atoms with E-state index in [1.807, 2.05) is 11.3 Å². The van der Waals surface area contributed by atoms with Gasteiger partial charge in [-0.25, -0.2) is 0 Å². The first-order valence-electron chi connectivity index (χ1n) is 5.18. The van der Waals surface area contributed by atoms with Crippen molar-refractivity contribution in [3.8, 4) is 0 Å². The van der Waals surface area contributed by atoms with Crippen molar-refractivity contribution in [1.29, 1.82) is 0 Å². The van der Waals surface area contributed by atoms with Gasteiger partial charge >= 0.3 is 0 Å². The van der Waals surface area contributed by atoms with Crippen molar-refractivity contribution in [2.75, 3.05) is 20.6 Å². The van der Waals surface area contributed by atoms with Gasteiger partial charge in [0.2, 0.25) is 0 Å². The Morgan fingerprint density at radius 1 is 1.47 bits per heavy atom. The van der Waals surface area contributed by atoms with Crippen molar-refractivity contribution < 1.29 is 0 Å². The van der Waals surface area contributed by atoms with Gasteiger partial charge < -0.3 is 10.6 Å². The lowest BCUT2D eigenvalue weighted by Gasteiger charge is -2.29. The summed E-state index contributed by atoms with van der Waals surface area (Å²) in [7, 11) is 4.26. The third kappa shape index (κ3) is 3.55. The maximum Gasteiger partial charge on any atom is 0.0701 e. The third-order valence-corrected chi connectivity index (χ3v) is 4.30. The maximum absolute atomic E-state index is 5.63. The predicted octanol–water partition coefficient (Wildman–Crippen LogP) is 3.10. The highest BCUT2D eigenvalue weighted by atomic mass is 79.9. The molecule has 1 aromatic heterocycles. The van der Waals surface area contributed by atoms with E-state index in [1.54, 1.807) is 0 Å². The van der Waals surface area contributed by atoms with Gasteiger partial charge in [-0.15, -0.1) is 11.3 Å². The minimum Gasteiger partial charge on any atom is -0.330 e. The van der Waals surface area contributed by atoms with Gasteiger partial charge in [0.1, 0.15) is 0 Å². The normalized spacial score (nSPS) is 15.6. The molecular formula is C11H19BrN2S. The minimum absolute atomic E-state index is 0.477. The molecule has 15 heavy (non-hydrogen) atoms. The Kier molecular flexibility index (Phi) is 5.26. The summed E-state index contributed by atoms with van der Waals surface area (Å²) in [5.74, 6) is 0.593. The van der Waals surface area contributed by atoms with Crippen LogP contribution in [0.3, 0.4) is 0 Å². The second-order valence-corrected chi connectivity index (χ2v) is 6.60. The van der Waals surface area contributed by atoms with Gasteiger partial charge in [-0.3, -0.25) is 0 Å². The van der Waals surface area contributed by atoms with E-state index < -0.39 is 0 Å². The van der Waals surface area contributed by atoms with Crippen LogP contribution >= 0.6 is 27.3 Å². The molecule has 1 heterocycles. The molecule has 0 aliphatic heterocycles. The molecule has 86 valence electrons. The first kappa shape index (κ1) is 13.2. The molecule has 0 aliphatic rings. The molecule has 2 unspecified atom stereocenters. The fourth-order valence-electron chi connectivity index (χ4n) is 1.95. The number of hydrogen-bond donors (Lipinski definition) is 1. The lowest BCUT2D eigenvalue weighted by molar-refractivity contribution is 0.220. The second-order valence-electron chi connectivity index (χ2n) is 4.10. The molecule has 1 aromatic rings. The lowest BCUT2D eigenvalue weighted by Crippen LogP contribution is -2.26. The molecule has 2 atom stereocenters. The van der Waals surface area contributed by atoms with Crippen LogP contribution in [0, 0.1) is 5.92 Å². The Hall–Kier alpha value is 0.1000. The summed E-state index contributed by atoms with van der Waals surface area (Å²) in [4.78, 5) is 3.69. The summed E-state index contributed by atoms with van der Waals surface area (Å²) in [5.41, 5.74) is 5.63. The molecule has 1 rings (SSSR count). The number of rotatable bonds is 5. The van der Waals surface area contributed by atoms with E-state index in [9.17, 15) is 0 Å². The summed E-state index contributed by atoms with van der Waals surface area (Å²) >= 11 is 5.33. The van der Waals surface area contributed by atoms with Crippen molar-refractivity contribution >= 4 is 27.3 Å². The number of halogens is 1. The Balaban J connectivity index is 2.82. The number of nitrogens with two attached hydrogens (primary N) is 1. The van der Waals surface area contributed by atoms with E-state index in [-0.39, 0.29) is 0 Å². The van der Waals surface area contributed by atoms with Crippen molar-refractivity contribution in [3.05, 3.63) is 20.8 Å². The van der Waals surface area contributed by atoms with Crippen molar-refractivity contribution in [1.82, 2.24) is 4.90 Å². The van der Waals surface area contributed by atoms with Gasteiger partial charge in [0.25, 0.3) is 0 Å².